The number of benzene rings is 2. The zero-order valence-corrected chi connectivity index (χ0v) is 10.3. The van der Waals surface area contributed by atoms with Crippen molar-refractivity contribution in [1.29, 1.82) is 10.5 Å². The quantitative estimate of drug-likeness (QED) is 0.725. The minimum Gasteiger partial charge on any atom is -0.302 e. The van der Waals surface area contributed by atoms with E-state index in [9.17, 15) is 5.26 Å². The summed E-state index contributed by atoms with van der Waals surface area (Å²) in [6, 6.07) is 15.9. The Labute approximate surface area is 111 Å². The number of hydrogen-bond donors (Lipinski definition) is 0. The molecule has 1 aliphatic rings. The van der Waals surface area contributed by atoms with Gasteiger partial charge in [-0.25, -0.2) is 0 Å². The van der Waals surface area contributed by atoms with Crippen molar-refractivity contribution in [2.75, 3.05) is 0 Å². The van der Waals surface area contributed by atoms with Gasteiger partial charge in [-0.1, -0.05) is 36.4 Å². The minimum atomic E-state index is 0.627. The van der Waals surface area contributed by atoms with E-state index in [0.717, 1.165) is 16.7 Å². The van der Waals surface area contributed by atoms with E-state index in [1.807, 2.05) is 42.5 Å². The van der Waals surface area contributed by atoms with Crippen LogP contribution >= 0.6 is 0 Å². The molecule has 1 aliphatic heterocycles. The van der Waals surface area contributed by atoms with E-state index in [0.29, 0.717) is 18.7 Å². The maximum atomic E-state index is 9.21. The molecule has 3 nitrogen and oxygen atoms in total. The molecule has 0 fully saturated rings. The molecule has 0 unspecified atom stereocenters. The Hall–Kier alpha value is -2.78. The molecule has 90 valence electrons. The van der Waals surface area contributed by atoms with Crippen LogP contribution in [0.25, 0.3) is 11.1 Å². The van der Waals surface area contributed by atoms with Crippen LogP contribution in [0.5, 0.6) is 0 Å². The van der Waals surface area contributed by atoms with Gasteiger partial charge < -0.3 is 4.90 Å². The molecule has 0 saturated carbocycles. The van der Waals surface area contributed by atoms with Crippen molar-refractivity contribution in [2.24, 2.45) is 0 Å². The molecular formula is C16H11N3. The van der Waals surface area contributed by atoms with Gasteiger partial charge in [0.2, 0.25) is 0 Å². The van der Waals surface area contributed by atoms with Crippen molar-refractivity contribution in [1.82, 2.24) is 4.90 Å². The highest BCUT2D eigenvalue weighted by Gasteiger charge is 2.21. The first-order valence-corrected chi connectivity index (χ1v) is 6.08. The van der Waals surface area contributed by atoms with Crippen LogP contribution < -0.4 is 0 Å². The van der Waals surface area contributed by atoms with Gasteiger partial charge in [0.05, 0.1) is 24.7 Å². The molecule has 0 bridgehead atoms. The third-order valence-corrected chi connectivity index (χ3v) is 3.46. The van der Waals surface area contributed by atoms with E-state index in [1.54, 1.807) is 4.90 Å². The molecule has 0 aromatic heterocycles. The fraction of sp³-hybridized carbons (Fsp3) is 0.125. The van der Waals surface area contributed by atoms with Crippen LogP contribution in [-0.4, -0.2) is 4.90 Å². The lowest BCUT2D eigenvalue weighted by molar-refractivity contribution is 0.417. The van der Waals surface area contributed by atoms with Crippen molar-refractivity contribution >= 4 is 0 Å². The second-order valence-corrected chi connectivity index (χ2v) is 4.56. The summed E-state index contributed by atoms with van der Waals surface area (Å²) in [7, 11) is 0. The van der Waals surface area contributed by atoms with Crippen molar-refractivity contribution in [3.63, 3.8) is 0 Å². The van der Waals surface area contributed by atoms with Crippen LogP contribution in [0.3, 0.4) is 0 Å². The monoisotopic (exact) mass is 245 g/mol. The molecular weight excluding hydrogens is 234 g/mol. The Kier molecular flexibility index (Phi) is 2.67. The van der Waals surface area contributed by atoms with Gasteiger partial charge in [0.15, 0.2) is 6.19 Å². The van der Waals surface area contributed by atoms with Gasteiger partial charge in [0.1, 0.15) is 0 Å². The molecule has 3 rings (SSSR count). The zero-order valence-electron chi connectivity index (χ0n) is 10.3. The van der Waals surface area contributed by atoms with Crippen LogP contribution in [-0.2, 0) is 13.1 Å². The molecule has 0 N–H and O–H groups in total. The molecule has 3 heteroatoms. The fourth-order valence-electron chi connectivity index (χ4n) is 2.56. The largest absolute Gasteiger partial charge is 0.302 e. The molecule has 0 aliphatic carbocycles. The maximum Gasteiger partial charge on any atom is 0.179 e. The molecule has 0 radical (unpaired) electrons. The van der Waals surface area contributed by atoms with E-state index in [2.05, 4.69) is 12.3 Å². The Balaban J connectivity index is 2.17. The van der Waals surface area contributed by atoms with E-state index >= 15 is 0 Å². The Morgan fingerprint density at radius 1 is 0.895 bits per heavy atom. The molecule has 1 heterocycles. The van der Waals surface area contributed by atoms with Gasteiger partial charge in [-0.15, -0.1) is 0 Å². The van der Waals surface area contributed by atoms with Gasteiger partial charge in [0, 0.05) is 0 Å². The summed E-state index contributed by atoms with van der Waals surface area (Å²) in [5.74, 6) is 0. The Bertz CT molecular complexity index is 720. The summed E-state index contributed by atoms with van der Waals surface area (Å²) in [5, 5.41) is 18.2. The number of rotatable bonds is 1. The SMILES string of the molecule is N#Cc1ccccc1-c1cccc2c1CN(C#N)C2. The van der Waals surface area contributed by atoms with E-state index in [1.165, 1.54) is 5.56 Å². The first-order valence-electron chi connectivity index (χ1n) is 6.08. The highest BCUT2D eigenvalue weighted by atomic mass is 15.1. The lowest BCUT2D eigenvalue weighted by atomic mass is 9.94. The topological polar surface area (TPSA) is 50.8 Å². The van der Waals surface area contributed by atoms with Crippen molar-refractivity contribution in [3.8, 4) is 23.4 Å². The normalized spacial score (nSPS) is 12.6. The third kappa shape index (κ3) is 1.82. The highest BCUT2D eigenvalue weighted by molar-refractivity contribution is 5.74. The standard InChI is InChI=1S/C16H11N3/c17-8-12-4-1-2-6-14(12)15-7-3-5-13-9-19(11-18)10-16(13)15/h1-7H,9-10H2. The van der Waals surface area contributed by atoms with Crippen LogP contribution in [0, 0.1) is 22.8 Å². The van der Waals surface area contributed by atoms with Crippen LogP contribution in [0.15, 0.2) is 42.5 Å². The number of hydrogen-bond acceptors (Lipinski definition) is 3. The molecule has 0 amide bonds. The molecule has 0 saturated heterocycles. The summed E-state index contributed by atoms with van der Waals surface area (Å²) in [5.41, 5.74) is 5.01. The van der Waals surface area contributed by atoms with Gasteiger partial charge in [-0.05, 0) is 28.3 Å². The summed E-state index contributed by atoms with van der Waals surface area (Å²) in [4.78, 5) is 1.73. The van der Waals surface area contributed by atoms with E-state index in [-0.39, 0.29) is 0 Å². The molecule has 2 aromatic rings. The summed E-state index contributed by atoms with van der Waals surface area (Å²) < 4.78 is 0. The maximum absolute atomic E-state index is 9.21. The highest BCUT2D eigenvalue weighted by Crippen LogP contribution is 2.33. The van der Waals surface area contributed by atoms with Gasteiger partial charge in [0.25, 0.3) is 0 Å². The third-order valence-electron chi connectivity index (χ3n) is 3.46. The molecule has 19 heavy (non-hydrogen) atoms. The summed E-state index contributed by atoms with van der Waals surface area (Å²) in [6.45, 7) is 1.29. The number of fused-ring (bicyclic) bond motifs is 1. The first-order chi connectivity index (χ1) is 9.33. The summed E-state index contributed by atoms with van der Waals surface area (Å²) >= 11 is 0. The first kappa shape index (κ1) is 11.3. The smallest absolute Gasteiger partial charge is 0.179 e. The van der Waals surface area contributed by atoms with Gasteiger partial charge >= 0.3 is 0 Å². The second kappa shape index (κ2) is 4.48. The number of nitriles is 2. The Morgan fingerprint density at radius 3 is 2.47 bits per heavy atom. The van der Waals surface area contributed by atoms with Gasteiger partial charge in [-0.3, -0.25) is 0 Å². The second-order valence-electron chi connectivity index (χ2n) is 4.56. The number of nitrogens with zero attached hydrogens (tertiary/aromatic N) is 3. The van der Waals surface area contributed by atoms with Crippen molar-refractivity contribution in [3.05, 3.63) is 59.2 Å². The minimum absolute atomic E-state index is 0.627. The van der Waals surface area contributed by atoms with Crippen LogP contribution in [0.4, 0.5) is 0 Å². The van der Waals surface area contributed by atoms with Crippen molar-refractivity contribution < 1.29 is 0 Å². The van der Waals surface area contributed by atoms with Crippen LogP contribution in [0.2, 0.25) is 0 Å². The van der Waals surface area contributed by atoms with E-state index in [4.69, 9.17) is 5.26 Å². The molecule has 0 atom stereocenters. The van der Waals surface area contributed by atoms with Crippen LogP contribution in [0.1, 0.15) is 16.7 Å². The molecule has 0 spiro atoms. The van der Waals surface area contributed by atoms with Gasteiger partial charge in [-0.2, -0.15) is 10.5 Å². The van der Waals surface area contributed by atoms with Crippen molar-refractivity contribution in [2.45, 2.75) is 13.1 Å². The predicted octanol–water partition coefficient (Wildman–Crippen LogP) is 3.02. The zero-order chi connectivity index (χ0) is 13.2. The average Bonchev–Trinajstić information content (AvgIpc) is 2.90. The Morgan fingerprint density at radius 2 is 1.68 bits per heavy atom. The van der Waals surface area contributed by atoms with E-state index < -0.39 is 0 Å². The molecule has 2 aromatic carbocycles. The fourth-order valence-corrected chi connectivity index (χ4v) is 2.56. The lowest BCUT2D eigenvalue weighted by Crippen LogP contribution is -2.07. The summed E-state index contributed by atoms with van der Waals surface area (Å²) in [6.07, 6.45) is 2.19. The lowest BCUT2D eigenvalue weighted by Gasteiger charge is -2.09. The average molecular weight is 245 g/mol. The predicted molar refractivity (Wildman–Crippen MR) is 71.5 cm³/mol.